The van der Waals surface area contributed by atoms with Crippen LogP contribution in [-0.2, 0) is 31.0 Å². The van der Waals surface area contributed by atoms with E-state index in [1.807, 2.05) is 12.1 Å². The fourth-order valence-electron chi connectivity index (χ4n) is 8.31. The molecular formula is C34H35F3N2O7. The lowest BCUT2D eigenvalue weighted by atomic mass is 9.48. The van der Waals surface area contributed by atoms with Gasteiger partial charge in [-0.2, -0.15) is 0 Å². The third-order valence-corrected chi connectivity index (χ3v) is 9.78. The number of likely N-dealkylation sites (N-methyl/N-ethyl adjacent to an activating group) is 1. The predicted molar refractivity (Wildman–Crippen MR) is 160 cm³/mol. The van der Waals surface area contributed by atoms with Gasteiger partial charge >= 0.3 is 18.3 Å². The van der Waals surface area contributed by atoms with Crippen LogP contribution >= 0.6 is 0 Å². The maximum absolute atomic E-state index is 13.6. The summed E-state index contributed by atoms with van der Waals surface area (Å²) >= 11 is 0. The Hall–Kier alpha value is -4.32. The number of halogens is 3. The first-order valence-corrected chi connectivity index (χ1v) is 15.2. The molecular weight excluding hydrogens is 605 g/mol. The highest BCUT2D eigenvalue weighted by atomic mass is 19.4. The van der Waals surface area contributed by atoms with Gasteiger partial charge in [0.15, 0.2) is 11.5 Å². The maximum atomic E-state index is 13.6. The van der Waals surface area contributed by atoms with Gasteiger partial charge in [0.2, 0.25) is 5.91 Å². The predicted octanol–water partition coefficient (Wildman–Crippen LogP) is 4.96. The number of alkyl halides is 3. The minimum atomic E-state index is -4.84. The van der Waals surface area contributed by atoms with Gasteiger partial charge in [-0.3, -0.25) is 19.3 Å². The molecule has 0 radical (unpaired) electrons. The monoisotopic (exact) mass is 640 g/mol. The summed E-state index contributed by atoms with van der Waals surface area (Å²) in [5.41, 5.74) is 0.391. The molecule has 244 valence electrons. The highest BCUT2D eigenvalue weighted by Gasteiger charge is 2.75. The molecule has 5 atom stereocenters. The third kappa shape index (κ3) is 5.12. The molecule has 12 heteroatoms. The Morgan fingerprint density at radius 2 is 1.93 bits per heavy atom. The molecule has 46 heavy (non-hydrogen) atoms. The Kier molecular flexibility index (Phi) is 7.90. The van der Waals surface area contributed by atoms with E-state index in [-0.39, 0.29) is 17.7 Å². The highest BCUT2D eigenvalue weighted by Crippen LogP contribution is 2.67. The van der Waals surface area contributed by atoms with E-state index in [1.165, 1.54) is 44.2 Å². The van der Waals surface area contributed by atoms with Gasteiger partial charge in [0.25, 0.3) is 0 Å². The molecule has 2 aliphatic carbocycles. The van der Waals surface area contributed by atoms with Crippen LogP contribution in [0.25, 0.3) is 6.08 Å². The lowest BCUT2D eigenvalue weighted by Gasteiger charge is -2.65. The molecule has 1 saturated heterocycles. The number of benzene rings is 2. The molecule has 9 nitrogen and oxygen atoms in total. The van der Waals surface area contributed by atoms with Crippen molar-refractivity contribution >= 4 is 23.9 Å². The Morgan fingerprint density at radius 3 is 2.63 bits per heavy atom. The quantitative estimate of drug-likeness (QED) is 0.173. The van der Waals surface area contributed by atoms with E-state index in [0.717, 1.165) is 11.1 Å². The second kappa shape index (κ2) is 11.5. The van der Waals surface area contributed by atoms with Crippen molar-refractivity contribution in [3.05, 3.63) is 71.8 Å². The topological polar surface area (TPSA) is 94.6 Å². The summed E-state index contributed by atoms with van der Waals surface area (Å²) in [7, 11) is 1.66. The number of likely N-dealkylation sites (tertiary alicyclic amines) is 1. The van der Waals surface area contributed by atoms with Gasteiger partial charge < -0.3 is 23.8 Å². The lowest BCUT2D eigenvalue weighted by molar-refractivity contribution is -0.274. The van der Waals surface area contributed by atoms with Gasteiger partial charge in [-0.05, 0) is 61.1 Å². The normalized spacial score (nSPS) is 27.7. The second-order valence-electron chi connectivity index (χ2n) is 12.3. The van der Waals surface area contributed by atoms with Gasteiger partial charge in [0.1, 0.15) is 17.5 Å². The zero-order valence-corrected chi connectivity index (χ0v) is 25.8. The zero-order valence-electron chi connectivity index (χ0n) is 25.8. The van der Waals surface area contributed by atoms with Gasteiger partial charge in [-0.25, -0.2) is 0 Å². The number of nitrogens with zero attached hydrogens (tertiary/aromatic N) is 2. The second-order valence-corrected chi connectivity index (χ2v) is 12.3. The summed E-state index contributed by atoms with van der Waals surface area (Å²) < 4.78 is 61.0. The Morgan fingerprint density at radius 1 is 1.15 bits per heavy atom. The van der Waals surface area contributed by atoms with Gasteiger partial charge in [0, 0.05) is 45.6 Å². The third-order valence-electron chi connectivity index (χ3n) is 9.78. The number of hydrogen-bond acceptors (Lipinski definition) is 8. The van der Waals surface area contributed by atoms with E-state index in [4.69, 9.17) is 14.2 Å². The van der Waals surface area contributed by atoms with Crippen LogP contribution in [0.4, 0.5) is 13.2 Å². The highest BCUT2D eigenvalue weighted by molar-refractivity contribution is 5.92. The van der Waals surface area contributed by atoms with E-state index in [0.29, 0.717) is 50.1 Å². The molecule has 2 heterocycles. The number of carbonyl (C=O) groups excluding carboxylic acids is 3. The zero-order chi connectivity index (χ0) is 33.0. The standard InChI is InChI=1S/C34H35F3N2O7/c1-5-16-39-17-15-32-29-23-10-11-26(43-20(2)40)30(29)44-31(32)25(13-14-33(32,27(39)19-23)45-21(3)41)38(4)28(42)12-9-22-7-6-8-24(18-22)46-34(35,36)37/h5-12,18,25,27,31H,1,13-17,19H2,2-4H3/t25-,27+,31-,32-,33+/m0/s1. The summed E-state index contributed by atoms with van der Waals surface area (Å²) in [5, 5.41) is 0. The van der Waals surface area contributed by atoms with Crippen LogP contribution in [0.15, 0.2) is 55.1 Å². The maximum Gasteiger partial charge on any atom is 0.573 e. The molecule has 4 aliphatic rings. The number of carbonyl (C=O) groups is 3. The van der Waals surface area contributed by atoms with Crippen LogP contribution in [0, 0.1) is 0 Å². The first-order chi connectivity index (χ1) is 21.8. The van der Waals surface area contributed by atoms with Crippen LogP contribution in [0.5, 0.6) is 17.2 Å². The van der Waals surface area contributed by atoms with Crippen LogP contribution in [0.2, 0.25) is 0 Å². The summed E-state index contributed by atoms with van der Waals surface area (Å²) in [6.07, 6.45) is 1.10. The number of amides is 1. The molecule has 2 aromatic rings. The molecule has 2 bridgehead atoms. The molecule has 2 fully saturated rings. The van der Waals surface area contributed by atoms with Crippen LogP contribution < -0.4 is 14.2 Å². The molecule has 1 amide bonds. The summed E-state index contributed by atoms with van der Waals surface area (Å²) in [5.74, 6) is -1.01. The average molecular weight is 641 g/mol. The van der Waals surface area contributed by atoms with E-state index in [2.05, 4.69) is 16.2 Å². The number of ether oxygens (including phenoxy) is 4. The number of rotatable bonds is 8. The van der Waals surface area contributed by atoms with Gasteiger partial charge in [-0.1, -0.05) is 24.3 Å². The SMILES string of the molecule is C=CCN1CC[C@]23c4c5ccc(OC(C)=O)c4O[C@H]2[C@@H](N(C)C(=O)C=Cc2cccc(OC(F)(F)F)c2)CC[C@@]3(OC(C)=O)[C@H]1C5. The van der Waals surface area contributed by atoms with Crippen LogP contribution in [0.3, 0.4) is 0 Å². The van der Waals surface area contributed by atoms with Crippen LogP contribution in [0.1, 0.15) is 49.8 Å². The molecule has 1 spiro atoms. The van der Waals surface area contributed by atoms with E-state index < -0.39 is 47.2 Å². The van der Waals surface area contributed by atoms with Crippen LogP contribution in [-0.4, -0.2) is 77.9 Å². The number of esters is 2. The van der Waals surface area contributed by atoms with Crippen molar-refractivity contribution in [1.29, 1.82) is 0 Å². The van der Waals surface area contributed by atoms with Crippen molar-refractivity contribution < 1.29 is 46.5 Å². The van der Waals surface area contributed by atoms with Gasteiger partial charge in [0.05, 0.1) is 17.5 Å². The summed E-state index contributed by atoms with van der Waals surface area (Å²) in [4.78, 5) is 42.4. The van der Waals surface area contributed by atoms with Crippen molar-refractivity contribution in [2.45, 2.75) is 75.1 Å². The first kappa shape index (κ1) is 31.7. The molecule has 6 rings (SSSR count). The molecule has 0 N–H and O–H groups in total. The van der Waals surface area contributed by atoms with Crippen molar-refractivity contribution in [2.75, 3.05) is 20.1 Å². The first-order valence-electron chi connectivity index (χ1n) is 15.2. The Bertz CT molecular complexity index is 1620. The Labute approximate surface area is 264 Å². The fourth-order valence-corrected chi connectivity index (χ4v) is 8.31. The van der Waals surface area contributed by atoms with Crippen molar-refractivity contribution in [2.24, 2.45) is 0 Å². The van der Waals surface area contributed by atoms with Crippen molar-refractivity contribution in [3.63, 3.8) is 0 Å². The van der Waals surface area contributed by atoms with E-state index in [9.17, 15) is 27.6 Å². The minimum absolute atomic E-state index is 0.180. The van der Waals surface area contributed by atoms with E-state index >= 15 is 0 Å². The molecule has 2 aromatic carbocycles. The van der Waals surface area contributed by atoms with Crippen molar-refractivity contribution in [1.82, 2.24) is 9.80 Å². The molecule has 2 aliphatic heterocycles. The summed E-state index contributed by atoms with van der Waals surface area (Å²) in [6.45, 7) is 7.92. The average Bonchev–Trinajstić information content (AvgIpc) is 3.32. The number of hydrogen-bond donors (Lipinski definition) is 0. The van der Waals surface area contributed by atoms with Gasteiger partial charge in [-0.15, -0.1) is 19.8 Å². The molecule has 1 saturated carbocycles. The minimum Gasteiger partial charge on any atom is -0.483 e. The smallest absolute Gasteiger partial charge is 0.483 e. The molecule has 0 aromatic heterocycles. The Balaban J connectivity index is 1.39. The number of piperidine rings is 1. The van der Waals surface area contributed by atoms with Crippen molar-refractivity contribution in [3.8, 4) is 17.2 Å². The molecule has 0 unspecified atom stereocenters. The summed E-state index contributed by atoms with van der Waals surface area (Å²) in [6, 6.07) is 8.34. The fraction of sp³-hybridized carbons (Fsp3) is 0.441. The lowest BCUT2D eigenvalue weighted by Crippen LogP contribution is -2.79. The van der Waals surface area contributed by atoms with E-state index in [1.54, 1.807) is 24.1 Å². The largest absolute Gasteiger partial charge is 0.573 e.